The maximum atomic E-state index is 12.8. The summed E-state index contributed by atoms with van der Waals surface area (Å²) in [5.74, 6) is 2.45. The Balaban J connectivity index is 0.00000148. The number of hydrogen-bond acceptors (Lipinski definition) is 6. The van der Waals surface area contributed by atoms with E-state index in [2.05, 4.69) is 10.2 Å². The van der Waals surface area contributed by atoms with Gasteiger partial charge in [-0.3, -0.25) is 4.79 Å². The number of nitrogens with one attached hydrogen (secondary N) is 1. The van der Waals surface area contributed by atoms with Gasteiger partial charge in [0.25, 0.3) is 5.91 Å². The zero-order valence-corrected chi connectivity index (χ0v) is 21.7. The molecule has 0 saturated carbocycles. The zero-order chi connectivity index (χ0) is 25.2. The van der Waals surface area contributed by atoms with E-state index in [9.17, 15) is 4.79 Å². The molecule has 2 aromatic carbocycles. The van der Waals surface area contributed by atoms with Crippen molar-refractivity contribution in [1.29, 1.82) is 0 Å². The molecule has 0 spiro atoms. The molecule has 36 heavy (non-hydrogen) atoms. The number of amides is 1. The molecule has 2 saturated heterocycles. The molecule has 7 heteroatoms. The van der Waals surface area contributed by atoms with Gasteiger partial charge in [-0.15, -0.1) is 0 Å². The predicted molar refractivity (Wildman–Crippen MR) is 147 cm³/mol. The molecule has 2 aliphatic rings. The fraction of sp³-hybridized carbons (Fsp3) is 0.483. The Bertz CT molecular complexity index is 1120. The van der Waals surface area contributed by atoms with Gasteiger partial charge >= 0.3 is 0 Å². The summed E-state index contributed by atoms with van der Waals surface area (Å²) in [6.45, 7) is 8.78. The molecule has 0 unspecified atom stereocenters. The van der Waals surface area contributed by atoms with Gasteiger partial charge in [-0.2, -0.15) is 4.98 Å². The van der Waals surface area contributed by atoms with Crippen LogP contribution < -0.4 is 15.0 Å². The smallest absolute Gasteiger partial charge is 0.253 e. The van der Waals surface area contributed by atoms with Crippen LogP contribution in [0.5, 0.6) is 5.75 Å². The molecule has 0 bridgehead atoms. The fourth-order valence-corrected chi connectivity index (χ4v) is 4.77. The minimum Gasteiger partial charge on any atom is -0.492 e. The van der Waals surface area contributed by atoms with Gasteiger partial charge in [-0.05, 0) is 68.9 Å². The van der Waals surface area contributed by atoms with Crippen LogP contribution in [0.1, 0.15) is 62.7 Å². The van der Waals surface area contributed by atoms with Crippen molar-refractivity contribution in [3.8, 4) is 5.75 Å². The summed E-state index contributed by atoms with van der Waals surface area (Å²) in [5, 5.41) is 4.46. The lowest BCUT2D eigenvalue weighted by Crippen LogP contribution is -2.35. The summed E-state index contributed by atoms with van der Waals surface area (Å²) in [7, 11) is 0. The number of nitrogens with zero attached hydrogens (tertiary/aromatic N) is 4. The van der Waals surface area contributed by atoms with Crippen LogP contribution in [0.2, 0.25) is 0 Å². The lowest BCUT2D eigenvalue weighted by atomic mass is 10.1. The molecule has 192 valence electrons. The van der Waals surface area contributed by atoms with Crippen molar-refractivity contribution in [3.63, 3.8) is 0 Å². The van der Waals surface area contributed by atoms with Crippen molar-refractivity contribution in [2.45, 2.75) is 52.4 Å². The van der Waals surface area contributed by atoms with E-state index >= 15 is 0 Å². The molecule has 0 radical (unpaired) electrons. The minimum absolute atomic E-state index is 0.0981. The number of rotatable bonds is 7. The van der Waals surface area contributed by atoms with Crippen LogP contribution in [-0.4, -0.2) is 60.1 Å². The van der Waals surface area contributed by atoms with Crippen LogP contribution in [0.3, 0.4) is 0 Å². The molecule has 0 atom stereocenters. The molecule has 1 aromatic heterocycles. The van der Waals surface area contributed by atoms with Crippen molar-refractivity contribution in [2.24, 2.45) is 0 Å². The van der Waals surface area contributed by atoms with Crippen LogP contribution >= 0.6 is 0 Å². The number of carbonyl (C=O) groups excluding carboxylic acids is 1. The fourth-order valence-electron chi connectivity index (χ4n) is 4.77. The summed E-state index contributed by atoms with van der Waals surface area (Å²) >= 11 is 0. The number of ether oxygens (including phenoxy) is 1. The first-order valence-electron chi connectivity index (χ1n) is 13.6. The topological polar surface area (TPSA) is 70.6 Å². The third kappa shape index (κ3) is 6.45. The van der Waals surface area contributed by atoms with Crippen LogP contribution in [0.4, 0.5) is 11.8 Å². The molecule has 2 fully saturated rings. The van der Waals surface area contributed by atoms with Crippen LogP contribution in [-0.2, 0) is 0 Å². The van der Waals surface area contributed by atoms with E-state index < -0.39 is 0 Å². The number of aromatic nitrogens is 2. The Hall–Kier alpha value is -3.35. The van der Waals surface area contributed by atoms with E-state index in [4.69, 9.17) is 14.7 Å². The van der Waals surface area contributed by atoms with E-state index in [1.165, 1.54) is 25.7 Å². The molecule has 0 aliphatic carbocycles. The number of likely N-dealkylation sites (tertiary alicyclic amines) is 1. The van der Waals surface area contributed by atoms with Crippen molar-refractivity contribution < 1.29 is 9.53 Å². The Morgan fingerprint density at radius 2 is 1.61 bits per heavy atom. The van der Waals surface area contributed by atoms with E-state index in [1.54, 1.807) is 0 Å². The highest BCUT2D eigenvalue weighted by Gasteiger charge is 2.19. The van der Waals surface area contributed by atoms with Crippen molar-refractivity contribution in [2.75, 3.05) is 49.5 Å². The number of anilines is 2. The number of carbonyl (C=O) groups is 1. The molecule has 1 amide bonds. The number of fused-ring (bicyclic) bond motifs is 1. The molecule has 2 aliphatic heterocycles. The quantitative estimate of drug-likeness (QED) is 0.425. The summed E-state index contributed by atoms with van der Waals surface area (Å²) < 4.78 is 5.98. The van der Waals surface area contributed by atoms with Gasteiger partial charge in [0, 0.05) is 37.1 Å². The Kier molecular flexibility index (Phi) is 9.36. The molecule has 7 nitrogen and oxygen atoms in total. The Morgan fingerprint density at radius 3 is 2.39 bits per heavy atom. The molecular formula is C29H39N5O2. The second-order valence-electron chi connectivity index (χ2n) is 9.09. The van der Waals surface area contributed by atoms with Gasteiger partial charge in [0.2, 0.25) is 5.95 Å². The lowest BCUT2D eigenvalue weighted by Gasteiger charge is -2.27. The summed E-state index contributed by atoms with van der Waals surface area (Å²) in [5.41, 5.74) is 1.64. The van der Waals surface area contributed by atoms with Crippen LogP contribution in [0.25, 0.3) is 10.9 Å². The molecule has 1 N–H and O–H groups in total. The van der Waals surface area contributed by atoms with Crippen molar-refractivity contribution in [1.82, 2.24) is 14.9 Å². The summed E-state index contributed by atoms with van der Waals surface area (Å²) in [6, 6.07) is 15.6. The van der Waals surface area contributed by atoms with E-state index in [0.717, 1.165) is 61.7 Å². The Labute approximate surface area is 214 Å². The lowest BCUT2D eigenvalue weighted by molar-refractivity contribution is 0.0724. The number of piperidine rings is 2. The first-order valence-corrected chi connectivity index (χ1v) is 13.6. The average molecular weight is 490 g/mol. The van der Waals surface area contributed by atoms with Crippen LogP contribution in [0, 0.1) is 0 Å². The molecule has 5 rings (SSSR count). The van der Waals surface area contributed by atoms with E-state index in [1.807, 2.05) is 67.3 Å². The van der Waals surface area contributed by atoms with Crippen molar-refractivity contribution >= 4 is 28.6 Å². The maximum absolute atomic E-state index is 12.8. The SMILES string of the molecule is CC.O=C(c1cccc(OCCNc2nc(N3CCCCC3)nc3ccccc23)c1)N1CCCCC1. The first kappa shape index (κ1) is 25.7. The zero-order valence-electron chi connectivity index (χ0n) is 21.7. The predicted octanol–water partition coefficient (Wildman–Crippen LogP) is 5.76. The largest absolute Gasteiger partial charge is 0.492 e. The molecule has 3 heterocycles. The summed E-state index contributed by atoms with van der Waals surface area (Å²) in [4.78, 5) is 26.7. The molecule has 3 aromatic rings. The number of para-hydroxylation sites is 1. The van der Waals surface area contributed by atoms with Gasteiger partial charge in [0.15, 0.2) is 0 Å². The number of benzene rings is 2. The first-order chi connectivity index (χ1) is 17.8. The second kappa shape index (κ2) is 13.1. The highest BCUT2D eigenvalue weighted by molar-refractivity contribution is 5.94. The van der Waals surface area contributed by atoms with Gasteiger partial charge in [-0.25, -0.2) is 4.98 Å². The highest BCUT2D eigenvalue weighted by Crippen LogP contribution is 2.25. The van der Waals surface area contributed by atoms with E-state index in [0.29, 0.717) is 24.5 Å². The van der Waals surface area contributed by atoms with Gasteiger partial charge in [0.1, 0.15) is 18.2 Å². The maximum Gasteiger partial charge on any atom is 0.253 e. The highest BCUT2D eigenvalue weighted by atomic mass is 16.5. The second-order valence-corrected chi connectivity index (χ2v) is 9.09. The van der Waals surface area contributed by atoms with Gasteiger partial charge < -0.3 is 19.9 Å². The number of hydrogen-bond donors (Lipinski definition) is 1. The third-order valence-electron chi connectivity index (χ3n) is 6.62. The Morgan fingerprint density at radius 1 is 0.889 bits per heavy atom. The molecular weight excluding hydrogens is 450 g/mol. The monoisotopic (exact) mass is 489 g/mol. The minimum atomic E-state index is 0.0981. The van der Waals surface area contributed by atoms with Gasteiger partial charge in [-0.1, -0.05) is 32.0 Å². The standard InChI is InChI=1S/C27H33N5O2.C2H6/c33-26(31-15-5-1-6-16-31)21-10-9-11-22(20-21)34-19-14-28-25-23-12-3-4-13-24(23)29-27(30-25)32-17-7-2-8-18-32;1-2/h3-4,9-13,20H,1-2,5-8,14-19H2,(H,28,29,30);1-2H3. The van der Waals surface area contributed by atoms with Gasteiger partial charge in [0.05, 0.1) is 12.1 Å². The normalized spacial score (nSPS) is 15.7. The average Bonchev–Trinajstić information content (AvgIpc) is 2.97. The summed E-state index contributed by atoms with van der Waals surface area (Å²) in [6.07, 6.45) is 7.03. The van der Waals surface area contributed by atoms with Crippen LogP contribution in [0.15, 0.2) is 48.5 Å². The van der Waals surface area contributed by atoms with Crippen molar-refractivity contribution in [3.05, 3.63) is 54.1 Å². The third-order valence-corrected chi connectivity index (χ3v) is 6.62. The van der Waals surface area contributed by atoms with E-state index in [-0.39, 0.29) is 5.91 Å².